The average molecular weight is 370 g/mol. The van der Waals surface area contributed by atoms with Crippen molar-refractivity contribution in [3.05, 3.63) is 71.0 Å². The van der Waals surface area contributed by atoms with Crippen molar-refractivity contribution in [2.75, 3.05) is 26.2 Å². The van der Waals surface area contributed by atoms with E-state index in [-0.39, 0.29) is 24.2 Å². The Morgan fingerprint density at radius 3 is 2.59 bits per heavy atom. The van der Waals surface area contributed by atoms with Crippen LogP contribution in [0.1, 0.15) is 34.8 Å². The van der Waals surface area contributed by atoms with E-state index in [2.05, 4.69) is 15.9 Å². The number of carbonyl (C=O) groups is 1. The lowest BCUT2D eigenvalue weighted by Gasteiger charge is -2.41. The van der Waals surface area contributed by atoms with E-state index in [0.29, 0.717) is 6.42 Å². The van der Waals surface area contributed by atoms with Crippen LogP contribution in [0.4, 0.5) is 4.39 Å². The first-order valence-corrected chi connectivity index (χ1v) is 9.47. The molecule has 3 rings (SSSR count). The van der Waals surface area contributed by atoms with Crippen molar-refractivity contribution in [3.63, 3.8) is 0 Å². The second-order valence-electron chi connectivity index (χ2n) is 7.25. The highest BCUT2D eigenvalue weighted by Gasteiger charge is 2.26. The molecule has 1 fully saturated rings. The van der Waals surface area contributed by atoms with Crippen LogP contribution in [-0.4, -0.2) is 53.0 Å². The van der Waals surface area contributed by atoms with Crippen molar-refractivity contribution in [1.82, 2.24) is 9.80 Å². The molecule has 1 aliphatic heterocycles. The molecule has 0 aromatic heterocycles. The summed E-state index contributed by atoms with van der Waals surface area (Å²) in [4.78, 5) is 16.3. The number of Topliss-reactive ketones (excluding diaryl/α,β-unsaturated/α-hetero) is 1. The van der Waals surface area contributed by atoms with E-state index in [4.69, 9.17) is 0 Å². The van der Waals surface area contributed by atoms with Crippen LogP contribution in [0.15, 0.2) is 48.5 Å². The maximum absolute atomic E-state index is 13.1. The first kappa shape index (κ1) is 19.7. The summed E-state index contributed by atoms with van der Waals surface area (Å²) in [5.74, 6) is -0.137. The number of piperazine rings is 1. The highest BCUT2D eigenvalue weighted by atomic mass is 19.1. The zero-order valence-electron chi connectivity index (χ0n) is 15.8. The van der Waals surface area contributed by atoms with Crippen molar-refractivity contribution in [1.29, 1.82) is 0 Å². The highest BCUT2D eigenvalue weighted by Crippen LogP contribution is 2.19. The summed E-state index contributed by atoms with van der Waals surface area (Å²) in [5.41, 5.74) is 2.97. The van der Waals surface area contributed by atoms with Crippen molar-refractivity contribution in [2.24, 2.45) is 0 Å². The second kappa shape index (κ2) is 9.22. The van der Waals surface area contributed by atoms with E-state index < -0.39 is 0 Å². The third-order valence-electron chi connectivity index (χ3n) is 5.19. The molecule has 1 aliphatic rings. The third kappa shape index (κ3) is 5.45. The first-order chi connectivity index (χ1) is 13.0. The largest absolute Gasteiger partial charge is 0.396 e. The van der Waals surface area contributed by atoms with Gasteiger partial charge >= 0.3 is 0 Å². The van der Waals surface area contributed by atoms with E-state index in [1.165, 1.54) is 12.1 Å². The Bertz CT molecular complexity index is 763. The summed E-state index contributed by atoms with van der Waals surface area (Å²) in [7, 11) is 0. The molecule has 27 heavy (non-hydrogen) atoms. The van der Waals surface area contributed by atoms with Gasteiger partial charge in [-0.1, -0.05) is 30.3 Å². The summed E-state index contributed by atoms with van der Waals surface area (Å²) in [6.45, 7) is 5.99. The number of aliphatic hydroxyl groups is 1. The second-order valence-corrected chi connectivity index (χ2v) is 7.25. The van der Waals surface area contributed by atoms with Crippen LogP contribution in [0, 0.1) is 5.82 Å². The fourth-order valence-corrected chi connectivity index (χ4v) is 3.70. The maximum atomic E-state index is 13.1. The molecule has 0 amide bonds. The van der Waals surface area contributed by atoms with Crippen molar-refractivity contribution in [3.8, 4) is 0 Å². The summed E-state index contributed by atoms with van der Waals surface area (Å²) in [5, 5.41) is 9.48. The molecule has 1 saturated heterocycles. The lowest BCUT2D eigenvalue weighted by molar-refractivity contribution is 0.0499. The van der Waals surface area contributed by atoms with Gasteiger partial charge in [0.05, 0.1) is 0 Å². The molecule has 5 heteroatoms. The smallest absolute Gasteiger partial charge is 0.159 e. The van der Waals surface area contributed by atoms with Crippen molar-refractivity contribution < 1.29 is 14.3 Å². The number of benzene rings is 2. The summed E-state index contributed by atoms with van der Waals surface area (Å²) < 4.78 is 13.1. The van der Waals surface area contributed by atoms with E-state index in [1.807, 2.05) is 30.3 Å². The minimum Gasteiger partial charge on any atom is -0.396 e. The topological polar surface area (TPSA) is 43.8 Å². The molecular formula is C22H27FN2O2. The SMILES string of the molecule is CC(=O)c1cccc(CN2CCN(Cc3ccc(F)cc3)[C@@H](CCO)C2)c1. The summed E-state index contributed by atoms with van der Waals surface area (Å²) >= 11 is 0. The Morgan fingerprint density at radius 2 is 1.89 bits per heavy atom. The van der Waals surface area contributed by atoms with Crippen molar-refractivity contribution in [2.45, 2.75) is 32.5 Å². The number of ketones is 1. The Labute approximate surface area is 160 Å². The number of hydrogen-bond donors (Lipinski definition) is 1. The lowest BCUT2D eigenvalue weighted by atomic mass is 10.0. The fraction of sp³-hybridized carbons (Fsp3) is 0.409. The molecule has 144 valence electrons. The van der Waals surface area contributed by atoms with Gasteiger partial charge in [0, 0.05) is 50.9 Å². The average Bonchev–Trinajstić information content (AvgIpc) is 2.66. The minimum absolute atomic E-state index is 0.0825. The minimum atomic E-state index is -0.219. The maximum Gasteiger partial charge on any atom is 0.159 e. The van der Waals surface area contributed by atoms with Gasteiger partial charge in [-0.05, 0) is 42.7 Å². The molecule has 0 saturated carbocycles. The zero-order chi connectivity index (χ0) is 19.2. The summed E-state index contributed by atoms with van der Waals surface area (Å²) in [6, 6.07) is 14.7. The summed E-state index contributed by atoms with van der Waals surface area (Å²) in [6.07, 6.45) is 0.713. The van der Waals surface area contributed by atoms with E-state index in [0.717, 1.165) is 49.4 Å². The van der Waals surface area contributed by atoms with Gasteiger partial charge in [-0.15, -0.1) is 0 Å². The highest BCUT2D eigenvalue weighted by molar-refractivity contribution is 5.94. The molecule has 0 unspecified atom stereocenters. The van der Waals surface area contributed by atoms with Gasteiger partial charge < -0.3 is 5.11 Å². The van der Waals surface area contributed by atoms with Crippen LogP contribution < -0.4 is 0 Å². The van der Waals surface area contributed by atoms with Crippen molar-refractivity contribution >= 4 is 5.78 Å². The Hall–Kier alpha value is -2.08. The van der Waals surface area contributed by atoms with Crippen LogP contribution in [0.5, 0.6) is 0 Å². The van der Waals surface area contributed by atoms with Gasteiger partial charge in [-0.2, -0.15) is 0 Å². The van der Waals surface area contributed by atoms with Gasteiger partial charge in [0.2, 0.25) is 0 Å². The predicted molar refractivity (Wildman–Crippen MR) is 104 cm³/mol. The predicted octanol–water partition coefficient (Wildman–Crippen LogP) is 3.10. The molecule has 2 aromatic carbocycles. The van der Waals surface area contributed by atoms with Gasteiger partial charge in [0.25, 0.3) is 0 Å². The molecular weight excluding hydrogens is 343 g/mol. The lowest BCUT2D eigenvalue weighted by Crippen LogP contribution is -2.52. The number of halogens is 1. The normalized spacial score (nSPS) is 18.6. The Kier molecular flexibility index (Phi) is 6.72. The number of hydrogen-bond acceptors (Lipinski definition) is 4. The monoisotopic (exact) mass is 370 g/mol. The van der Waals surface area contributed by atoms with Crippen LogP contribution in [-0.2, 0) is 13.1 Å². The molecule has 0 spiro atoms. The number of carbonyl (C=O) groups excluding carboxylic acids is 1. The van der Waals surface area contributed by atoms with Crippen LogP contribution in [0.2, 0.25) is 0 Å². The third-order valence-corrected chi connectivity index (χ3v) is 5.19. The van der Waals surface area contributed by atoms with E-state index in [1.54, 1.807) is 6.92 Å². The Morgan fingerprint density at radius 1 is 1.11 bits per heavy atom. The van der Waals surface area contributed by atoms with Crippen LogP contribution in [0.3, 0.4) is 0 Å². The van der Waals surface area contributed by atoms with Gasteiger partial charge in [-0.25, -0.2) is 4.39 Å². The number of nitrogens with zero attached hydrogens (tertiary/aromatic N) is 2. The number of aliphatic hydroxyl groups excluding tert-OH is 1. The molecule has 1 heterocycles. The van der Waals surface area contributed by atoms with Gasteiger partial charge in [0.1, 0.15) is 5.82 Å². The molecule has 1 N–H and O–H groups in total. The molecule has 0 aliphatic carbocycles. The molecule has 2 aromatic rings. The van der Waals surface area contributed by atoms with Crippen LogP contribution in [0.25, 0.3) is 0 Å². The van der Waals surface area contributed by atoms with Crippen LogP contribution >= 0.6 is 0 Å². The van der Waals surface area contributed by atoms with Gasteiger partial charge in [-0.3, -0.25) is 14.6 Å². The number of rotatable bonds is 7. The fourth-order valence-electron chi connectivity index (χ4n) is 3.70. The van der Waals surface area contributed by atoms with Gasteiger partial charge in [0.15, 0.2) is 5.78 Å². The molecule has 0 radical (unpaired) electrons. The zero-order valence-corrected chi connectivity index (χ0v) is 15.8. The molecule has 0 bridgehead atoms. The van der Waals surface area contributed by atoms with E-state index >= 15 is 0 Å². The van der Waals surface area contributed by atoms with E-state index in [9.17, 15) is 14.3 Å². The quantitative estimate of drug-likeness (QED) is 0.761. The standard InChI is InChI=1S/C22H27FN2O2/c1-17(27)20-4-2-3-19(13-20)14-24-10-11-25(22(16-24)9-12-26)15-18-5-7-21(23)8-6-18/h2-8,13,22,26H,9-12,14-16H2,1H3/t22-/m0/s1. The molecule has 1 atom stereocenters. The molecule has 4 nitrogen and oxygen atoms in total. The Balaban J connectivity index is 1.63. The first-order valence-electron chi connectivity index (χ1n) is 9.47.